The van der Waals surface area contributed by atoms with Gasteiger partial charge in [-0.15, -0.1) is 0 Å². The number of anilines is 1. The van der Waals surface area contributed by atoms with E-state index in [1.54, 1.807) is 0 Å². The van der Waals surface area contributed by atoms with Crippen molar-refractivity contribution in [1.82, 2.24) is 0 Å². The van der Waals surface area contributed by atoms with Gasteiger partial charge in [-0.1, -0.05) is 19.1 Å². The number of hydrogen-bond donors (Lipinski definition) is 1. The Kier molecular flexibility index (Phi) is 5.18. The number of rotatable bonds is 4. The molecule has 0 bridgehead atoms. The van der Waals surface area contributed by atoms with Crippen LogP contribution in [0.1, 0.15) is 45.1 Å². The smallest absolute Gasteiger partial charge is 0.230 e. The van der Waals surface area contributed by atoms with Crippen molar-refractivity contribution in [3.05, 3.63) is 29.8 Å². The molecule has 0 heterocycles. The lowest BCUT2D eigenvalue weighted by Crippen LogP contribution is -2.37. The lowest BCUT2D eigenvalue weighted by Gasteiger charge is -2.30. The Morgan fingerprint density at radius 1 is 1.20 bits per heavy atom. The molecule has 2 N–H and O–H groups in total. The first-order valence-electron chi connectivity index (χ1n) is 7.76. The third-order valence-electron chi connectivity index (χ3n) is 4.43. The van der Waals surface area contributed by atoms with Crippen LogP contribution in [0.4, 0.5) is 5.69 Å². The minimum absolute atomic E-state index is 0.209. The maximum Gasteiger partial charge on any atom is 0.230 e. The Morgan fingerprint density at radius 3 is 2.30 bits per heavy atom. The molecule has 1 fully saturated rings. The first-order valence-corrected chi connectivity index (χ1v) is 7.76. The van der Waals surface area contributed by atoms with Crippen LogP contribution in [0.15, 0.2) is 24.3 Å². The van der Waals surface area contributed by atoms with E-state index < -0.39 is 0 Å². The molecule has 3 heteroatoms. The lowest BCUT2D eigenvalue weighted by atomic mass is 9.82. The molecule has 1 aliphatic carbocycles. The van der Waals surface area contributed by atoms with Gasteiger partial charge in [-0.3, -0.25) is 4.79 Å². The second-order valence-corrected chi connectivity index (χ2v) is 5.91. The summed E-state index contributed by atoms with van der Waals surface area (Å²) < 4.78 is 0. The summed E-state index contributed by atoms with van der Waals surface area (Å²) in [5, 5.41) is 0. The standard InChI is InChI=1S/C17H26N2O/c1-3-19(16-10-6-14(12-18)7-11-16)17(20)15-8-4-13(2)5-9-15/h6-7,10-11,13,15H,3-5,8-9,12,18H2,1-2H3. The molecular weight excluding hydrogens is 248 g/mol. The van der Waals surface area contributed by atoms with Gasteiger partial charge in [0.1, 0.15) is 0 Å². The predicted octanol–water partition coefficient (Wildman–Crippen LogP) is 3.32. The van der Waals surface area contributed by atoms with Gasteiger partial charge in [0, 0.05) is 24.7 Å². The SMILES string of the molecule is CCN(C(=O)C1CCC(C)CC1)c1ccc(CN)cc1. The summed E-state index contributed by atoms with van der Waals surface area (Å²) in [5.41, 5.74) is 7.71. The Labute approximate surface area is 122 Å². The highest BCUT2D eigenvalue weighted by molar-refractivity contribution is 5.95. The Morgan fingerprint density at radius 2 is 1.80 bits per heavy atom. The van der Waals surface area contributed by atoms with Gasteiger partial charge in [0.25, 0.3) is 0 Å². The second kappa shape index (κ2) is 6.89. The fourth-order valence-electron chi connectivity index (χ4n) is 3.01. The molecule has 0 aliphatic heterocycles. The van der Waals surface area contributed by atoms with Crippen LogP contribution < -0.4 is 10.6 Å². The summed E-state index contributed by atoms with van der Waals surface area (Å²) in [5.74, 6) is 1.28. The van der Waals surface area contributed by atoms with E-state index >= 15 is 0 Å². The highest BCUT2D eigenvalue weighted by atomic mass is 16.2. The summed E-state index contributed by atoms with van der Waals surface area (Å²) in [7, 11) is 0. The summed E-state index contributed by atoms with van der Waals surface area (Å²) in [4.78, 5) is 14.6. The Bertz CT molecular complexity index is 433. The maximum absolute atomic E-state index is 12.7. The van der Waals surface area contributed by atoms with Crippen molar-refractivity contribution in [1.29, 1.82) is 0 Å². The highest BCUT2D eigenvalue weighted by Gasteiger charge is 2.28. The predicted molar refractivity (Wildman–Crippen MR) is 83.5 cm³/mol. The van der Waals surface area contributed by atoms with Gasteiger partial charge < -0.3 is 10.6 Å². The van der Waals surface area contributed by atoms with Gasteiger partial charge in [0.15, 0.2) is 0 Å². The van der Waals surface area contributed by atoms with Gasteiger partial charge in [0.05, 0.1) is 0 Å². The molecule has 0 atom stereocenters. The molecule has 0 unspecified atom stereocenters. The first kappa shape index (κ1) is 15.0. The van der Waals surface area contributed by atoms with Crippen LogP contribution in [0.2, 0.25) is 0 Å². The molecule has 1 saturated carbocycles. The topological polar surface area (TPSA) is 46.3 Å². The van der Waals surface area contributed by atoms with Crippen molar-refractivity contribution in [2.24, 2.45) is 17.6 Å². The number of nitrogens with zero attached hydrogens (tertiary/aromatic N) is 1. The van der Waals surface area contributed by atoms with Crippen molar-refractivity contribution >= 4 is 11.6 Å². The summed E-state index contributed by atoms with van der Waals surface area (Å²) in [6.07, 6.45) is 4.44. The minimum Gasteiger partial charge on any atom is -0.326 e. The van der Waals surface area contributed by atoms with Crippen molar-refractivity contribution < 1.29 is 4.79 Å². The van der Waals surface area contributed by atoms with E-state index in [2.05, 4.69) is 6.92 Å². The van der Waals surface area contributed by atoms with Crippen molar-refractivity contribution in [2.45, 2.75) is 46.1 Å². The van der Waals surface area contributed by atoms with Crippen LogP contribution >= 0.6 is 0 Å². The summed E-state index contributed by atoms with van der Waals surface area (Å²) in [6.45, 7) is 5.59. The molecule has 1 aromatic carbocycles. The van der Waals surface area contributed by atoms with Crippen LogP contribution in [-0.2, 0) is 11.3 Å². The van der Waals surface area contributed by atoms with Gasteiger partial charge in [-0.05, 0) is 56.2 Å². The Hall–Kier alpha value is -1.35. The molecule has 0 spiro atoms. The first-order chi connectivity index (χ1) is 9.65. The quantitative estimate of drug-likeness (QED) is 0.915. The van der Waals surface area contributed by atoms with Crippen LogP contribution in [0.5, 0.6) is 0 Å². The fourth-order valence-corrected chi connectivity index (χ4v) is 3.01. The van der Waals surface area contributed by atoms with Gasteiger partial charge in [-0.2, -0.15) is 0 Å². The zero-order valence-electron chi connectivity index (χ0n) is 12.6. The van der Waals surface area contributed by atoms with Crippen molar-refractivity contribution in [2.75, 3.05) is 11.4 Å². The second-order valence-electron chi connectivity index (χ2n) is 5.91. The fraction of sp³-hybridized carbons (Fsp3) is 0.588. The summed E-state index contributed by atoms with van der Waals surface area (Å²) >= 11 is 0. The Balaban J connectivity index is 2.08. The van der Waals surface area contributed by atoms with Crippen LogP contribution in [-0.4, -0.2) is 12.5 Å². The van der Waals surface area contributed by atoms with Gasteiger partial charge in [-0.25, -0.2) is 0 Å². The van der Waals surface area contributed by atoms with Crippen LogP contribution in [0, 0.1) is 11.8 Å². The number of benzene rings is 1. The van der Waals surface area contributed by atoms with E-state index in [0.717, 1.165) is 36.6 Å². The van der Waals surface area contributed by atoms with Crippen molar-refractivity contribution in [3.8, 4) is 0 Å². The maximum atomic E-state index is 12.7. The van der Waals surface area contributed by atoms with Crippen LogP contribution in [0.25, 0.3) is 0 Å². The molecule has 3 nitrogen and oxygen atoms in total. The molecule has 0 aromatic heterocycles. The molecule has 0 radical (unpaired) electrons. The lowest BCUT2D eigenvalue weighted by molar-refractivity contribution is -0.123. The number of nitrogens with two attached hydrogens (primary N) is 1. The van der Waals surface area contributed by atoms with Crippen LogP contribution in [0.3, 0.4) is 0 Å². The average Bonchev–Trinajstić information content (AvgIpc) is 2.49. The molecule has 110 valence electrons. The van der Waals surface area contributed by atoms with Crippen molar-refractivity contribution in [3.63, 3.8) is 0 Å². The molecule has 20 heavy (non-hydrogen) atoms. The molecule has 2 rings (SSSR count). The third kappa shape index (κ3) is 3.40. The highest BCUT2D eigenvalue weighted by Crippen LogP contribution is 2.30. The normalized spacial score (nSPS) is 22.6. The van der Waals surface area contributed by atoms with E-state index in [9.17, 15) is 4.79 Å². The molecule has 0 saturated heterocycles. The monoisotopic (exact) mass is 274 g/mol. The number of carbonyl (C=O) groups excluding carboxylic acids is 1. The largest absolute Gasteiger partial charge is 0.326 e. The van der Waals surface area contributed by atoms with Gasteiger partial charge >= 0.3 is 0 Å². The number of hydrogen-bond acceptors (Lipinski definition) is 2. The van der Waals surface area contributed by atoms with E-state index in [-0.39, 0.29) is 5.92 Å². The molecule has 1 amide bonds. The molecule has 1 aromatic rings. The number of amides is 1. The molecule has 1 aliphatic rings. The number of carbonyl (C=O) groups is 1. The van der Waals surface area contributed by atoms with E-state index in [0.29, 0.717) is 12.5 Å². The van der Waals surface area contributed by atoms with E-state index in [4.69, 9.17) is 5.73 Å². The molecular formula is C17H26N2O. The minimum atomic E-state index is 0.209. The average molecular weight is 274 g/mol. The zero-order valence-corrected chi connectivity index (χ0v) is 12.6. The zero-order chi connectivity index (χ0) is 14.5. The van der Waals surface area contributed by atoms with E-state index in [1.807, 2.05) is 36.1 Å². The summed E-state index contributed by atoms with van der Waals surface area (Å²) in [6, 6.07) is 8.03. The van der Waals surface area contributed by atoms with E-state index in [1.165, 1.54) is 12.8 Å². The van der Waals surface area contributed by atoms with Gasteiger partial charge in [0.2, 0.25) is 5.91 Å². The third-order valence-corrected chi connectivity index (χ3v) is 4.43.